The minimum atomic E-state index is -0.342. The molecule has 0 heterocycles. The molecule has 15 heavy (non-hydrogen) atoms. The van der Waals surface area contributed by atoms with Gasteiger partial charge in [-0.3, -0.25) is 0 Å². The zero-order valence-electron chi connectivity index (χ0n) is 12.3. The predicted molar refractivity (Wildman–Crippen MR) is 66.9 cm³/mol. The van der Waals surface area contributed by atoms with E-state index in [1.54, 1.807) is 0 Å². The number of benzene rings is 2. The van der Waals surface area contributed by atoms with Gasteiger partial charge in [0.25, 0.3) is 0 Å². The molecule has 0 amide bonds. The molecule has 2 aromatic rings. The Bertz CT molecular complexity index is 663. The first-order valence-electron chi connectivity index (χ1n) is 6.47. The van der Waals surface area contributed by atoms with E-state index in [4.69, 9.17) is 41.7 Å². The van der Waals surface area contributed by atoms with Crippen LogP contribution >= 0.6 is 34.8 Å². The van der Waals surface area contributed by atoms with Gasteiger partial charge in [0.15, 0.2) is 0 Å². The van der Waals surface area contributed by atoms with Crippen LogP contribution in [0.2, 0.25) is 15.1 Å². The highest BCUT2D eigenvalue weighted by Gasteiger charge is 2.07. The molecule has 76 valence electrons. The summed E-state index contributed by atoms with van der Waals surface area (Å²) in [5, 5.41) is -0.302. The van der Waals surface area contributed by atoms with Gasteiger partial charge in [-0.15, -0.1) is 0 Å². The summed E-state index contributed by atoms with van der Waals surface area (Å²) in [6.07, 6.45) is 0. The largest absolute Gasteiger partial charge is 0.0843 e. The van der Waals surface area contributed by atoms with Crippen molar-refractivity contribution in [2.45, 2.75) is 0 Å². The molecule has 0 atom stereocenters. The van der Waals surface area contributed by atoms with Crippen LogP contribution in [0, 0.1) is 0 Å². The van der Waals surface area contributed by atoms with E-state index in [1.807, 2.05) is 0 Å². The first kappa shape index (κ1) is 6.15. The zero-order valence-corrected chi connectivity index (χ0v) is 9.56. The van der Waals surface area contributed by atoms with Crippen LogP contribution in [0.1, 0.15) is 6.85 Å². The average molecular weight is 263 g/mol. The van der Waals surface area contributed by atoms with Gasteiger partial charge in [-0.1, -0.05) is 53.0 Å². The van der Waals surface area contributed by atoms with Crippen LogP contribution in [-0.4, -0.2) is 0 Å². The van der Waals surface area contributed by atoms with Crippen molar-refractivity contribution in [1.82, 2.24) is 0 Å². The maximum absolute atomic E-state index is 7.95. The average Bonchev–Trinajstić information content (AvgIpc) is 2.37. The van der Waals surface area contributed by atoms with Crippen molar-refractivity contribution < 1.29 is 6.85 Å². The highest BCUT2D eigenvalue weighted by molar-refractivity contribution is 6.37. The van der Waals surface area contributed by atoms with E-state index < -0.39 is 0 Å². The lowest BCUT2D eigenvalue weighted by Gasteiger charge is -2.06. The molecule has 3 heteroatoms. The lowest BCUT2D eigenvalue weighted by atomic mass is 10.1. The minimum Gasteiger partial charge on any atom is -0.0843 e. The van der Waals surface area contributed by atoms with E-state index >= 15 is 0 Å². The molecule has 0 N–H and O–H groups in total. The molecule has 0 spiro atoms. The van der Waals surface area contributed by atoms with Crippen molar-refractivity contribution >= 4 is 34.8 Å². The summed E-state index contributed by atoms with van der Waals surface area (Å²) >= 11 is 17.9. The number of hydrogen-bond donors (Lipinski definition) is 0. The zero-order chi connectivity index (χ0) is 15.2. The van der Waals surface area contributed by atoms with Gasteiger partial charge in [0, 0.05) is 26.2 Å². The van der Waals surface area contributed by atoms with Gasteiger partial charge in [0.1, 0.15) is 0 Å². The molecule has 0 aliphatic rings. The maximum atomic E-state index is 7.95. The van der Waals surface area contributed by atoms with Crippen LogP contribution in [0.3, 0.4) is 0 Å². The lowest BCUT2D eigenvalue weighted by Crippen LogP contribution is -1.81. The summed E-state index contributed by atoms with van der Waals surface area (Å²) < 4.78 is 38.6. The van der Waals surface area contributed by atoms with Crippen molar-refractivity contribution in [1.29, 1.82) is 0 Å². The number of hydrogen-bond acceptors (Lipinski definition) is 0. The van der Waals surface area contributed by atoms with Crippen LogP contribution in [0.4, 0.5) is 0 Å². The first-order valence-corrected chi connectivity index (χ1v) is 5.11. The fourth-order valence-corrected chi connectivity index (χ4v) is 1.64. The van der Waals surface area contributed by atoms with Gasteiger partial charge in [-0.05, 0) is 24.2 Å². The van der Waals surface area contributed by atoms with Crippen LogP contribution in [-0.2, 0) is 0 Å². The monoisotopic (exact) mass is 261 g/mol. The molecule has 0 aliphatic carbocycles. The summed E-state index contributed by atoms with van der Waals surface area (Å²) in [5.74, 6) is 0. The summed E-state index contributed by atoms with van der Waals surface area (Å²) in [5.41, 5.74) is 0.167. The molecule has 0 bridgehead atoms. The van der Waals surface area contributed by atoms with Gasteiger partial charge in [-0.2, -0.15) is 0 Å². The van der Waals surface area contributed by atoms with Gasteiger partial charge >= 0.3 is 0 Å². The van der Waals surface area contributed by atoms with E-state index in [0.29, 0.717) is 0 Å². The Morgan fingerprint density at radius 3 is 2.47 bits per heavy atom. The summed E-state index contributed by atoms with van der Waals surface area (Å²) in [6, 6.07) is 1.61. The number of halogens is 3. The Morgan fingerprint density at radius 1 is 0.933 bits per heavy atom. The lowest BCUT2D eigenvalue weighted by molar-refractivity contribution is 1.61. The smallest absolute Gasteiger partial charge is 0.0646 e. The molecule has 0 fully saturated rings. The van der Waals surface area contributed by atoms with Gasteiger partial charge in [0.05, 0.1) is 6.85 Å². The highest BCUT2D eigenvalue weighted by Crippen LogP contribution is 2.34. The summed E-state index contributed by atoms with van der Waals surface area (Å²) in [4.78, 5) is 0. The highest BCUT2D eigenvalue weighted by atomic mass is 35.5. The Balaban J connectivity index is 2.91. The fraction of sp³-hybridized carbons (Fsp3) is 0. The van der Waals surface area contributed by atoms with Gasteiger partial charge in [0.2, 0.25) is 0 Å². The standard InChI is InChI=1S/C12H7Cl3/c13-8-5-6-12(15)10(7-8)9-3-1-2-4-11(9)14/h1-7H/i2D,3D,5D,6D,7D. The van der Waals surface area contributed by atoms with Crippen LogP contribution in [0.5, 0.6) is 0 Å². The van der Waals surface area contributed by atoms with Crippen molar-refractivity contribution in [3.05, 3.63) is 57.4 Å². The van der Waals surface area contributed by atoms with Crippen LogP contribution in [0.15, 0.2) is 42.3 Å². The molecular formula is C12H7Cl3. The summed E-state index contributed by atoms with van der Waals surface area (Å²) in [7, 11) is 0. The molecule has 0 unspecified atom stereocenters. The minimum absolute atomic E-state index is 0.0349. The normalized spacial score (nSPS) is 15.0. The molecule has 0 radical (unpaired) electrons. The Hall–Kier alpha value is -0.690. The van der Waals surface area contributed by atoms with Crippen molar-refractivity contribution in [3.8, 4) is 11.1 Å². The Labute approximate surface area is 110 Å². The second-order valence-electron chi connectivity index (χ2n) is 2.70. The van der Waals surface area contributed by atoms with Crippen LogP contribution < -0.4 is 0 Å². The van der Waals surface area contributed by atoms with Crippen molar-refractivity contribution in [2.24, 2.45) is 0 Å². The second kappa shape index (κ2) is 4.44. The molecule has 0 aromatic heterocycles. The van der Waals surface area contributed by atoms with E-state index in [9.17, 15) is 0 Å². The van der Waals surface area contributed by atoms with Gasteiger partial charge < -0.3 is 0 Å². The molecule has 2 aromatic carbocycles. The Morgan fingerprint density at radius 2 is 1.73 bits per heavy atom. The molecule has 0 saturated heterocycles. The van der Waals surface area contributed by atoms with Gasteiger partial charge in [-0.25, -0.2) is 0 Å². The van der Waals surface area contributed by atoms with Crippen LogP contribution in [0.25, 0.3) is 11.1 Å². The van der Waals surface area contributed by atoms with E-state index in [-0.39, 0.29) is 56.4 Å². The van der Waals surface area contributed by atoms with Crippen molar-refractivity contribution in [2.75, 3.05) is 0 Å². The SMILES string of the molecule is [2H]c1cc([2H])c(-c2c([2H])c(Cl)c([2H])c([2H])c2Cl)c(Cl)c1. The predicted octanol–water partition coefficient (Wildman–Crippen LogP) is 5.31. The topological polar surface area (TPSA) is 0 Å². The third-order valence-electron chi connectivity index (χ3n) is 1.73. The Kier molecular flexibility index (Phi) is 1.82. The quantitative estimate of drug-likeness (QED) is 0.653. The molecule has 0 aliphatic heterocycles. The third-order valence-corrected chi connectivity index (χ3v) is 2.51. The molecule has 0 saturated carbocycles. The van der Waals surface area contributed by atoms with Crippen molar-refractivity contribution in [3.63, 3.8) is 0 Å². The van der Waals surface area contributed by atoms with E-state index in [0.717, 1.165) is 0 Å². The second-order valence-corrected chi connectivity index (χ2v) is 3.86. The molecular weight excluding hydrogens is 250 g/mol. The number of rotatable bonds is 1. The first-order chi connectivity index (χ1) is 9.25. The molecule has 2 rings (SSSR count). The third kappa shape index (κ3) is 2.28. The summed E-state index contributed by atoms with van der Waals surface area (Å²) in [6.45, 7) is 0. The van der Waals surface area contributed by atoms with E-state index in [2.05, 4.69) is 0 Å². The maximum Gasteiger partial charge on any atom is 0.0646 e. The van der Waals surface area contributed by atoms with E-state index in [1.165, 1.54) is 12.1 Å². The fourth-order valence-electron chi connectivity index (χ4n) is 1.10. The molecule has 0 nitrogen and oxygen atoms in total.